The molecule has 0 aromatic carbocycles. The van der Waals surface area contributed by atoms with Crippen LogP contribution in [0.3, 0.4) is 0 Å². The van der Waals surface area contributed by atoms with Gasteiger partial charge in [-0.1, -0.05) is 0 Å². The highest BCUT2D eigenvalue weighted by atomic mass is 27.1. The predicted octanol–water partition coefficient (Wildman–Crippen LogP) is -0.184. The predicted molar refractivity (Wildman–Crippen MR) is 20.5 cm³/mol. The summed E-state index contributed by atoms with van der Waals surface area (Å²) in [5.41, 5.74) is 0. The van der Waals surface area contributed by atoms with Crippen molar-refractivity contribution in [3.63, 3.8) is 0 Å². The van der Waals surface area contributed by atoms with Crippen molar-refractivity contribution in [3.8, 4) is 0 Å². The third-order valence-electron chi connectivity index (χ3n) is 0.377. The van der Waals surface area contributed by atoms with Crippen LogP contribution in [0.2, 0.25) is 0 Å². The summed E-state index contributed by atoms with van der Waals surface area (Å²) >= 11 is 0.267. The molecule has 0 spiro atoms. The molecule has 0 aliphatic heterocycles. The van der Waals surface area contributed by atoms with E-state index in [4.69, 9.17) is 0 Å². The molecule has 0 amide bonds. The molecule has 0 bridgehead atoms. The molecule has 1 atom stereocenters. The summed E-state index contributed by atoms with van der Waals surface area (Å²) in [6.45, 7) is -1.02. The van der Waals surface area contributed by atoms with E-state index in [0.29, 0.717) is 0 Å². The van der Waals surface area contributed by atoms with E-state index in [0.717, 1.165) is 0 Å². The molecule has 0 saturated carbocycles. The molecule has 0 aliphatic carbocycles. The second-order valence-corrected chi connectivity index (χ2v) is 1.27. The molecule has 1 nitrogen and oxygen atoms in total. The fourth-order valence-electron chi connectivity index (χ4n) is 0.0630. The third kappa shape index (κ3) is 2.58. The lowest BCUT2D eigenvalue weighted by Gasteiger charge is -1.96. The first-order valence-electron chi connectivity index (χ1n) is 1.54. The van der Waals surface area contributed by atoms with Gasteiger partial charge in [0, 0.05) is 0 Å². The molecule has 1 unspecified atom stereocenters. The molecule has 0 heterocycles. The molecular formula is C2H5AlF2O. The van der Waals surface area contributed by atoms with Gasteiger partial charge in [-0.15, -0.1) is 0 Å². The zero-order valence-electron chi connectivity index (χ0n) is 3.45. The largest absolute Gasteiger partial charge is 0.479 e. The minimum atomic E-state index is -1.67. The van der Waals surface area contributed by atoms with Crippen LogP contribution in [0, 0.1) is 0 Å². The Hall–Kier alpha value is 0.352. The van der Waals surface area contributed by atoms with E-state index in [1.54, 1.807) is 0 Å². The van der Waals surface area contributed by atoms with Gasteiger partial charge in [0.25, 0.3) is 0 Å². The number of alkyl halides is 2. The van der Waals surface area contributed by atoms with Crippen LogP contribution >= 0.6 is 0 Å². The summed E-state index contributed by atoms with van der Waals surface area (Å²) in [5.74, 6) is 0. The van der Waals surface area contributed by atoms with Crippen LogP contribution in [0.5, 0.6) is 0 Å². The summed E-state index contributed by atoms with van der Waals surface area (Å²) < 4.78 is 26.2. The molecule has 0 radical (unpaired) electrons. The highest BCUT2D eigenvalue weighted by molar-refractivity contribution is 5.98. The maximum atomic E-state index is 11.3. The minimum Gasteiger partial charge on any atom is -0.479 e. The van der Waals surface area contributed by atoms with Gasteiger partial charge in [-0.25, -0.2) is 8.78 Å². The monoisotopic (exact) mass is 110 g/mol. The molecule has 36 valence electrons. The van der Waals surface area contributed by atoms with Crippen molar-refractivity contribution < 1.29 is 12.6 Å². The standard InChI is InChI=1S/C2H3F2O.Al.2H/c3-1-2(4)5;;;/h2H,1H2;;;/q-1;+1;;. The van der Waals surface area contributed by atoms with Gasteiger partial charge in [0.15, 0.2) is 0 Å². The number of hydrogen-bond acceptors (Lipinski definition) is 1. The lowest BCUT2D eigenvalue weighted by molar-refractivity contribution is 0.0518. The first-order chi connectivity index (χ1) is 2.81. The molecule has 0 aromatic rings. The van der Waals surface area contributed by atoms with Crippen molar-refractivity contribution in [2.45, 2.75) is 6.36 Å². The van der Waals surface area contributed by atoms with Crippen LogP contribution in [0.15, 0.2) is 0 Å². The quantitative estimate of drug-likeness (QED) is 0.448. The number of rotatable bonds is 2. The molecule has 6 heavy (non-hydrogen) atoms. The second-order valence-electron chi connectivity index (χ2n) is 0.800. The fourth-order valence-corrected chi connectivity index (χ4v) is 0.189. The Morgan fingerprint density at radius 3 is 2.33 bits per heavy atom. The highest BCUT2D eigenvalue weighted by Gasteiger charge is 1.96. The lowest BCUT2D eigenvalue weighted by atomic mass is 10.8. The van der Waals surface area contributed by atoms with Crippen LogP contribution in [0.4, 0.5) is 8.78 Å². The minimum absolute atomic E-state index is 0.267. The zero-order valence-corrected chi connectivity index (χ0v) is 5.45. The van der Waals surface area contributed by atoms with Gasteiger partial charge in [0.05, 0.1) is 0 Å². The van der Waals surface area contributed by atoms with Gasteiger partial charge in [-0.05, 0) is 0 Å². The summed E-state index contributed by atoms with van der Waals surface area (Å²) in [7, 11) is 0. The Labute approximate surface area is 43.0 Å². The summed E-state index contributed by atoms with van der Waals surface area (Å²) in [6, 6.07) is 0. The van der Waals surface area contributed by atoms with E-state index in [9.17, 15) is 8.78 Å². The van der Waals surface area contributed by atoms with E-state index in [1.807, 2.05) is 0 Å². The summed E-state index contributed by atoms with van der Waals surface area (Å²) in [5, 5.41) is 0. The van der Waals surface area contributed by atoms with Crippen LogP contribution < -0.4 is 0 Å². The smallest absolute Gasteiger partial charge is 0.413 e. The highest BCUT2D eigenvalue weighted by Crippen LogP contribution is 1.87. The SMILES string of the molecule is FCC(F)[O][AlH2]. The second kappa shape index (κ2) is 3.54. The van der Waals surface area contributed by atoms with Crippen molar-refractivity contribution in [1.29, 1.82) is 0 Å². The van der Waals surface area contributed by atoms with E-state index in [2.05, 4.69) is 3.79 Å². The fraction of sp³-hybridized carbons (Fsp3) is 1.00. The first-order valence-corrected chi connectivity index (χ1v) is 2.35. The van der Waals surface area contributed by atoms with Crippen molar-refractivity contribution in [3.05, 3.63) is 0 Å². The molecule has 0 N–H and O–H groups in total. The van der Waals surface area contributed by atoms with Crippen molar-refractivity contribution in [2.75, 3.05) is 6.67 Å². The number of hydrogen-bond donors (Lipinski definition) is 0. The van der Waals surface area contributed by atoms with Crippen LogP contribution in [-0.2, 0) is 3.79 Å². The van der Waals surface area contributed by atoms with Crippen molar-refractivity contribution in [2.24, 2.45) is 0 Å². The van der Waals surface area contributed by atoms with Crippen molar-refractivity contribution >= 4 is 16.6 Å². The van der Waals surface area contributed by atoms with Crippen LogP contribution in [-0.4, -0.2) is 29.7 Å². The van der Waals surface area contributed by atoms with Gasteiger partial charge < -0.3 is 3.79 Å². The molecule has 4 heteroatoms. The van der Waals surface area contributed by atoms with Gasteiger partial charge in [-0.2, -0.15) is 0 Å². The normalized spacial score (nSPS) is 14.3. The zero-order chi connectivity index (χ0) is 4.99. The van der Waals surface area contributed by atoms with E-state index in [1.165, 1.54) is 0 Å². The summed E-state index contributed by atoms with van der Waals surface area (Å²) in [6.07, 6.45) is -1.67. The van der Waals surface area contributed by atoms with E-state index < -0.39 is 13.0 Å². The Morgan fingerprint density at radius 1 is 1.83 bits per heavy atom. The van der Waals surface area contributed by atoms with Gasteiger partial charge in [0.2, 0.25) is 6.36 Å². The van der Waals surface area contributed by atoms with Crippen molar-refractivity contribution in [1.82, 2.24) is 0 Å². The van der Waals surface area contributed by atoms with Crippen LogP contribution in [0.1, 0.15) is 0 Å². The van der Waals surface area contributed by atoms with E-state index in [-0.39, 0.29) is 16.6 Å². The summed E-state index contributed by atoms with van der Waals surface area (Å²) in [4.78, 5) is 0. The maximum absolute atomic E-state index is 11.3. The molecule has 0 rings (SSSR count). The molecule has 0 fully saturated rings. The Kier molecular flexibility index (Phi) is 3.75. The Morgan fingerprint density at radius 2 is 2.33 bits per heavy atom. The van der Waals surface area contributed by atoms with Crippen LogP contribution in [0.25, 0.3) is 0 Å². The van der Waals surface area contributed by atoms with Gasteiger partial charge in [0.1, 0.15) is 6.67 Å². The molecular weight excluding hydrogens is 105 g/mol. The Balaban J connectivity index is 2.75. The number of halogens is 2. The van der Waals surface area contributed by atoms with Gasteiger partial charge >= 0.3 is 16.6 Å². The molecule has 0 aromatic heterocycles. The van der Waals surface area contributed by atoms with E-state index >= 15 is 0 Å². The third-order valence-corrected chi connectivity index (χ3v) is 0.889. The Bertz CT molecular complexity index is 30.7. The average Bonchev–Trinajstić information content (AvgIpc) is 1.65. The average molecular weight is 110 g/mol. The topological polar surface area (TPSA) is 9.23 Å². The van der Waals surface area contributed by atoms with Gasteiger partial charge in [-0.3, -0.25) is 0 Å². The first kappa shape index (κ1) is 6.35. The maximum Gasteiger partial charge on any atom is 0.413 e. The molecule has 0 aliphatic rings. The lowest BCUT2D eigenvalue weighted by Crippen LogP contribution is -2.04. The molecule has 0 saturated heterocycles.